The molecule has 7 N–H and O–H groups in total. The molecule has 0 atom stereocenters. The number of rotatable bonds is 10. The molecule has 7 rings (SSSR count). The van der Waals surface area contributed by atoms with Gasteiger partial charge in [-0.2, -0.15) is 36.9 Å². The normalized spacial score (nSPS) is 12.3. The number of nitrogens with one attached hydrogen (secondary N) is 2. The molecule has 1 heterocycles. The van der Waals surface area contributed by atoms with Crippen LogP contribution in [0.3, 0.4) is 0 Å². The van der Waals surface area contributed by atoms with Crippen LogP contribution >= 0.6 is 11.6 Å². The van der Waals surface area contributed by atoms with Gasteiger partial charge in [-0.1, -0.05) is 53.6 Å². The van der Waals surface area contributed by atoms with Crippen LogP contribution in [-0.2, 0) is 20.2 Å². The summed E-state index contributed by atoms with van der Waals surface area (Å²) in [6, 6.07) is 23.0. The number of nitrogens with two attached hydrogens (primary N) is 1. The Kier molecular flexibility index (Phi) is 10.7. The third-order valence-electron chi connectivity index (χ3n) is 9.08. The average Bonchev–Trinajstić information content (AvgIpc) is 3.14. The maximum atomic E-state index is 12.7. The topological polar surface area (TPSA) is 267 Å². The predicted molar refractivity (Wildman–Crippen MR) is 225 cm³/mol. The molecule has 7 aromatic rings. The minimum atomic E-state index is -4.96. The van der Waals surface area contributed by atoms with Gasteiger partial charge < -0.3 is 21.5 Å². The van der Waals surface area contributed by atoms with Crippen molar-refractivity contribution >= 4 is 105 Å². The van der Waals surface area contributed by atoms with Gasteiger partial charge in [0.25, 0.3) is 20.2 Å². The van der Waals surface area contributed by atoms with E-state index in [0.717, 1.165) is 22.9 Å². The first-order valence-corrected chi connectivity index (χ1v) is 20.6. The fraction of sp³-hybridized carbons (Fsp3) is 0.103. The van der Waals surface area contributed by atoms with Gasteiger partial charge in [0.15, 0.2) is 5.75 Å². The maximum absolute atomic E-state index is 12.7. The molecule has 0 aliphatic heterocycles. The summed E-state index contributed by atoms with van der Waals surface area (Å²) in [7, 11) is -9.75. The SMILES string of the molecule is Cc1ccc(Nc2nc(Cl)nc(Nc3ccc(C)c(N=Nc4c(S(=O)(=O)O)cc5cc(C)c(N=Nc6ccc7cc(C)ccc7c6S(=O)(=O)O)c(O)c5c4N)c3)n2)cc1. The number of phenols is 1. The van der Waals surface area contributed by atoms with Gasteiger partial charge in [0, 0.05) is 16.8 Å². The number of halogens is 1. The molecule has 17 nitrogen and oxygen atoms in total. The van der Waals surface area contributed by atoms with Gasteiger partial charge in [-0.3, -0.25) is 9.11 Å². The molecule has 300 valence electrons. The third kappa shape index (κ3) is 8.64. The number of aromatic hydroxyl groups is 1. The minimum Gasteiger partial charge on any atom is -0.505 e. The van der Waals surface area contributed by atoms with Gasteiger partial charge >= 0.3 is 0 Å². The van der Waals surface area contributed by atoms with Crippen LogP contribution in [0.1, 0.15) is 22.3 Å². The molecule has 0 fully saturated rings. The van der Waals surface area contributed by atoms with Crippen LogP contribution in [0.4, 0.5) is 51.7 Å². The number of benzene rings is 6. The van der Waals surface area contributed by atoms with Crippen molar-refractivity contribution in [2.45, 2.75) is 37.5 Å². The number of aryl methyl sites for hydroxylation is 4. The monoisotopic (exact) mass is 852 g/mol. The molecule has 0 spiro atoms. The Morgan fingerprint density at radius 2 is 1.25 bits per heavy atom. The number of aromatic nitrogens is 3. The number of hydrogen-bond acceptors (Lipinski definition) is 15. The molecule has 20 heteroatoms. The van der Waals surface area contributed by atoms with E-state index < -0.39 is 41.5 Å². The molecular formula is C39H33ClN10O7S2. The number of fused-ring (bicyclic) bond motifs is 2. The van der Waals surface area contributed by atoms with Crippen molar-refractivity contribution in [2.24, 2.45) is 20.5 Å². The van der Waals surface area contributed by atoms with Gasteiger partial charge in [-0.15, -0.1) is 15.3 Å². The fourth-order valence-electron chi connectivity index (χ4n) is 6.22. The number of anilines is 5. The molecule has 0 unspecified atom stereocenters. The summed E-state index contributed by atoms with van der Waals surface area (Å²) < 4.78 is 70.8. The second kappa shape index (κ2) is 15.6. The summed E-state index contributed by atoms with van der Waals surface area (Å²) >= 11 is 6.19. The smallest absolute Gasteiger partial charge is 0.297 e. The van der Waals surface area contributed by atoms with E-state index in [1.807, 2.05) is 38.1 Å². The Morgan fingerprint density at radius 3 is 1.93 bits per heavy atom. The largest absolute Gasteiger partial charge is 0.505 e. The summed E-state index contributed by atoms with van der Waals surface area (Å²) in [5, 5.41) is 34.9. The van der Waals surface area contributed by atoms with Gasteiger partial charge in [0.2, 0.25) is 17.2 Å². The Hall–Kier alpha value is -6.64. The maximum Gasteiger partial charge on any atom is 0.297 e. The molecule has 0 amide bonds. The van der Waals surface area contributed by atoms with E-state index in [4.69, 9.17) is 17.3 Å². The van der Waals surface area contributed by atoms with E-state index in [1.54, 1.807) is 43.3 Å². The highest BCUT2D eigenvalue weighted by atomic mass is 35.5. The number of hydrogen-bond donors (Lipinski definition) is 6. The third-order valence-corrected chi connectivity index (χ3v) is 11.1. The standard InChI is InChI=1S/C39H33ClN10O7S2/c1-19-5-10-25(11-6-19)42-38-44-37(40)45-39(46-38)43-26-12-8-21(3)29(18-26)48-50-34-30(58(52,53)54)17-24-16-22(4)33(35(51)31(24)32(34)41)49-47-28-14-9-23-15-20(2)7-13-27(23)36(28)59(55,56)57/h5-18,51H,41H2,1-4H3,(H,52,53,54)(H,55,56,57)(H2,42,43,44,45,46). The van der Waals surface area contributed by atoms with E-state index in [9.17, 15) is 31.0 Å². The second-order valence-corrected chi connectivity index (χ2v) is 16.6. The van der Waals surface area contributed by atoms with Crippen molar-refractivity contribution in [1.82, 2.24) is 15.0 Å². The van der Waals surface area contributed by atoms with Crippen LogP contribution < -0.4 is 16.4 Å². The summed E-state index contributed by atoms with van der Waals surface area (Å²) in [6.45, 7) is 7.06. The zero-order valence-electron chi connectivity index (χ0n) is 31.5. The first-order valence-electron chi connectivity index (χ1n) is 17.4. The molecule has 0 aliphatic rings. The summed E-state index contributed by atoms with van der Waals surface area (Å²) in [5.74, 6) is -0.274. The van der Waals surface area contributed by atoms with Crippen LogP contribution in [0.2, 0.25) is 5.28 Å². The minimum absolute atomic E-state index is 0.0802. The molecule has 0 aliphatic carbocycles. The van der Waals surface area contributed by atoms with E-state index in [1.165, 1.54) is 25.1 Å². The van der Waals surface area contributed by atoms with Crippen molar-refractivity contribution in [3.63, 3.8) is 0 Å². The Morgan fingerprint density at radius 1 is 0.627 bits per heavy atom. The molecule has 0 saturated heterocycles. The molecular weight excluding hydrogens is 820 g/mol. The fourth-order valence-corrected chi connectivity index (χ4v) is 7.89. The van der Waals surface area contributed by atoms with Crippen LogP contribution in [0.5, 0.6) is 5.75 Å². The van der Waals surface area contributed by atoms with Crippen molar-refractivity contribution in [3.8, 4) is 5.75 Å². The first-order chi connectivity index (χ1) is 27.8. The van der Waals surface area contributed by atoms with Crippen molar-refractivity contribution in [3.05, 3.63) is 112 Å². The Labute approximate surface area is 342 Å². The highest BCUT2D eigenvalue weighted by molar-refractivity contribution is 7.86. The van der Waals surface area contributed by atoms with E-state index >= 15 is 0 Å². The van der Waals surface area contributed by atoms with Crippen LogP contribution in [0.15, 0.2) is 115 Å². The highest BCUT2D eigenvalue weighted by Gasteiger charge is 2.25. The van der Waals surface area contributed by atoms with Gasteiger partial charge in [0.1, 0.15) is 26.9 Å². The summed E-state index contributed by atoms with van der Waals surface area (Å²) in [5.41, 5.74) is 9.50. The summed E-state index contributed by atoms with van der Waals surface area (Å²) in [4.78, 5) is 11.5. The second-order valence-electron chi connectivity index (χ2n) is 13.5. The lowest BCUT2D eigenvalue weighted by Crippen LogP contribution is -2.04. The van der Waals surface area contributed by atoms with Crippen LogP contribution in [-0.4, -0.2) is 46.0 Å². The van der Waals surface area contributed by atoms with E-state index in [0.29, 0.717) is 16.6 Å². The van der Waals surface area contributed by atoms with Crippen molar-refractivity contribution < 1.29 is 31.0 Å². The first kappa shape index (κ1) is 40.6. The zero-order valence-corrected chi connectivity index (χ0v) is 33.8. The molecule has 0 bridgehead atoms. The Balaban J connectivity index is 1.26. The number of azo groups is 2. The van der Waals surface area contributed by atoms with Crippen LogP contribution in [0, 0.1) is 27.7 Å². The number of nitrogens with zero attached hydrogens (tertiary/aromatic N) is 7. The molecule has 59 heavy (non-hydrogen) atoms. The van der Waals surface area contributed by atoms with E-state index in [-0.39, 0.29) is 61.7 Å². The zero-order chi connectivity index (χ0) is 42.4. The van der Waals surface area contributed by atoms with Crippen molar-refractivity contribution in [1.29, 1.82) is 0 Å². The molecule has 0 radical (unpaired) electrons. The lowest BCUT2D eigenvalue weighted by molar-refractivity contribution is 0.480. The number of phenolic OH excluding ortho intramolecular Hbond substituents is 1. The quantitative estimate of drug-likeness (QED) is 0.0425. The van der Waals surface area contributed by atoms with Gasteiger partial charge in [-0.05, 0) is 104 Å². The molecule has 0 saturated carbocycles. The molecule has 6 aromatic carbocycles. The van der Waals surface area contributed by atoms with Gasteiger partial charge in [-0.25, -0.2) is 0 Å². The lowest BCUT2D eigenvalue weighted by atomic mass is 10.0. The molecule has 1 aromatic heterocycles. The lowest BCUT2D eigenvalue weighted by Gasteiger charge is -2.14. The highest BCUT2D eigenvalue weighted by Crippen LogP contribution is 2.47. The van der Waals surface area contributed by atoms with E-state index in [2.05, 4.69) is 46.0 Å². The van der Waals surface area contributed by atoms with Crippen molar-refractivity contribution in [2.75, 3.05) is 16.4 Å². The number of nitrogen functional groups attached to an aromatic ring is 1. The van der Waals surface area contributed by atoms with Gasteiger partial charge in [0.05, 0.1) is 16.8 Å². The van der Waals surface area contributed by atoms with Crippen LogP contribution in [0.25, 0.3) is 21.5 Å². The predicted octanol–water partition coefficient (Wildman–Crippen LogP) is 10.2. The summed E-state index contributed by atoms with van der Waals surface area (Å²) in [6.07, 6.45) is 0. The average molecular weight is 853 g/mol. The Bertz CT molecular complexity index is 3150.